The van der Waals surface area contributed by atoms with Gasteiger partial charge in [0.05, 0.1) is 6.04 Å². The average Bonchev–Trinajstić information content (AvgIpc) is 2.25. The predicted molar refractivity (Wildman–Crippen MR) is 70.5 cm³/mol. The molecule has 2 amide bonds. The van der Waals surface area contributed by atoms with Gasteiger partial charge in [-0.1, -0.05) is 19.3 Å². The Hall–Kier alpha value is -1.13. The molecule has 1 aliphatic heterocycles. The minimum Gasteiger partial charge on any atom is -0.325 e. The number of hydrogen-bond donors (Lipinski definition) is 1. The first kappa shape index (κ1) is 13.3. The number of likely N-dealkylation sites (tertiary alicyclic amines) is 1. The summed E-state index contributed by atoms with van der Waals surface area (Å²) in [4.78, 5) is 13.6. The van der Waals surface area contributed by atoms with Crippen molar-refractivity contribution in [3.05, 3.63) is 0 Å². The van der Waals surface area contributed by atoms with Crippen LogP contribution in [0.15, 0.2) is 10.2 Å². The zero-order chi connectivity index (χ0) is 13.0. The third-order valence-corrected chi connectivity index (χ3v) is 3.60. The molecule has 1 N–H and O–H groups in total. The van der Waals surface area contributed by atoms with Crippen molar-refractivity contribution in [1.82, 2.24) is 10.2 Å². The van der Waals surface area contributed by atoms with E-state index in [0.29, 0.717) is 6.04 Å². The normalized spacial score (nSPS) is 22.0. The minimum absolute atomic E-state index is 0.0196. The fourth-order valence-electron chi connectivity index (χ4n) is 2.31. The molecule has 0 unspecified atom stereocenters. The van der Waals surface area contributed by atoms with Crippen LogP contribution in [0.3, 0.4) is 0 Å². The van der Waals surface area contributed by atoms with E-state index in [-0.39, 0.29) is 6.03 Å². The highest BCUT2D eigenvalue weighted by Crippen LogP contribution is 2.21. The molecule has 2 fully saturated rings. The first-order valence-electron chi connectivity index (χ1n) is 7.06. The maximum Gasteiger partial charge on any atom is 0.319 e. The van der Waals surface area contributed by atoms with E-state index in [2.05, 4.69) is 15.5 Å². The minimum atomic E-state index is -0.593. The Bertz CT molecular complexity index is 317. The summed E-state index contributed by atoms with van der Waals surface area (Å²) in [5.41, 5.74) is -0.593. The number of azo groups is 1. The van der Waals surface area contributed by atoms with Crippen LogP contribution in [0.2, 0.25) is 0 Å². The van der Waals surface area contributed by atoms with Gasteiger partial charge in [-0.05, 0) is 33.1 Å². The van der Waals surface area contributed by atoms with Gasteiger partial charge in [-0.2, -0.15) is 10.2 Å². The third-order valence-electron chi connectivity index (χ3n) is 3.60. The van der Waals surface area contributed by atoms with Crippen molar-refractivity contribution < 1.29 is 4.79 Å². The van der Waals surface area contributed by atoms with Crippen LogP contribution in [0.4, 0.5) is 4.79 Å². The molecule has 1 saturated carbocycles. The lowest BCUT2D eigenvalue weighted by molar-refractivity contribution is 0.157. The van der Waals surface area contributed by atoms with E-state index in [9.17, 15) is 4.79 Å². The molecule has 0 aromatic rings. The fourth-order valence-corrected chi connectivity index (χ4v) is 2.31. The molecule has 2 rings (SSSR count). The molecule has 0 spiro atoms. The number of urea groups is 1. The smallest absolute Gasteiger partial charge is 0.319 e. The second-order valence-corrected chi connectivity index (χ2v) is 5.84. The Balaban J connectivity index is 1.81. The van der Waals surface area contributed by atoms with Crippen molar-refractivity contribution in [2.75, 3.05) is 13.1 Å². The first-order valence-corrected chi connectivity index (χ1v) is 7.06. The van der Waals surface area contributed by atoms with Crippen LogP contribution >= 0.6 is 0 Å². The van der Waals surface area contributed by atoms with Crippen LogP contribution in [0.5, 0.6) is 0 Å². The predicted octanol–water partition coefficient (Wildman–Crippen LogP) is 2.92. The molecule has 2 aliphatic rings. The first-order chi connectivity index (χ1) is 8.57. The van der Waals surface area contributed by atoms with Crippen molar-refractivity contribution in [2.24, 2.45) is 10.2 Å². The molecule has 1 saturated heterocycles. The molecule has 5 heteroatoms. The van der Waals surface area contributed by atoms with Gasteiger partial charge in [-0.25, -0.2) is 4.79 Å². The standard InChI is InChI=1S/C13H24N4O/c1-13(2,14-12(18)17-9-6-10-17)16-15-11-7-4-3-5-8-11/h11H,3-10H2,1-2H3,(H,14,18). The zero-order valence-corrected chi connectivity index (χ0v) is 11.5. The molecular formula is C13H24N4O. The number of nitrogens with one attached hydrogen (secondary N) is 1. The molecule has 0 atom stereocenters. The van der Waals surface area contributed by atoms with E-state index < -0.39 is 5.66 Å². The summed E-state index contributed by atoms with van der Waals surface area (Å²) in [5.74, 6) is 0. The lowest BCUT2D eigenvalue weighted by Crippen LogP contribution is -2.53. The monoisotopic (exact) mass is 252 g/mol. The summed E-state index contributed by atoms with van der Waals surface area (Å²) in [6, 6.07) is 0.341. The molecule has 0 aromatic carbocycles. The topological polar surface area (TPSA) is 57.1 Å². The summed E-state index contributed by atoms with van der Waals surface area (Å²) >= 11 is 0. The Kier molecular flexibility index (Phi) is 4.19. The maximum absolute atomic E-state index is 11.8. The summed E-state index contributed by atoms with van der Waals surface area (Å²) in [5, 5.41) is 11.7. The Labute approximate surface area is 109 Å². The third kappa shape index (κ3) is 3.68. The van der Waals surface area contributed by atoms with Gasteiger partial charge in [0.25, 0.3) is 0 Å². The van der Waals surface area contributed by atoms with Crippen LogP contribution < -0.4 is 5.32 Å². The molecule has 0 aromatic heterocycles. The average molecular weight is 252 g/mol. The van der Waals surface area contributed by atoms with Crippen molar-refractivity contribution in [3.63, 3.8) is 0 Å². The number of amides is 2. The van der Waals surface area contributed by atoms with E-state index in [1.807, 2.05) is 13.8 Å². The lowest BCUT2D eigenvalue weighted by Gasteiger charge is -2.33. The van der Waals surface area contributed by atoms with Gasteiger partial charge in [-0.3, -0.25) is 0 Å². The second kappa shape index (κ2) is 5.67. The van der Waals surface area contributed by atoms with Gasteiger partial charge in [-0.15, -0.1) is 0 Å². The highest BCUT2D eigenvalue weighted by atomic mass is 16.2. The highest BCUT2D eigenvalue weighted by molar-refractivity contribution is 5.75. The van der Waals surface area contributed by atoms with E-state index in [1.165, 1.54) is 19.3 Å². The van der Waals surface area contributed by atoms with Crippen molar-refractivity contribution >= 4 is 6.03 Å². The molecule has 18 heavy (non-hydrogen) atoms. The van der Waals surface area contributed by atoms with Crippen LogP contribution in [0, 0.1) is 0 Å². The summed E-state index contributed by atoms with van der Waals surface area (Å²) in [7, 11) is 0. The molecule has 1 heterocycles. The highest BCUT2D eigenvalue weighted by Gasteiger charge is 2.26. The van der Waals surface area contributed by atoms with Crippen molar-refractivity contribution in [2.45, 2.75) is 64.1 Å². The van der Waals surface area contributed by atoms with Crippen LogP contribution in [0.25, 0.3) is 0 Å². The largest absolute Gasteiger partial charge is 0.325 e. The van der Waals surface area contributed by atoms with Crippen LogP contribution in [-0.4, -0.2) is 35.7 Å². The van der Waals surface area contributed by atoms with Gasteiger partial charge in [0.15, 0.2) is 0 Å². The quantitative estimate of drug-likeness (QED) is 0.771. The number of carbonyl (C=O) groups excluding carboxylic acids is 1. The lowest BCUT2D eigenvalue weighted by atomic mass is 9.96. The Morgan fingerprint density at radius 2 is 1.83 bits per heavy atom. The van der Waals surface area contributed by atoms with E-state index >= 15 is 0 Å². The van der Waals surface area contributed by atoms with Crippen molar-refractivity contribution in [3.8, 4) is 0 Å². The van der Waals surface area contributed by atoms with Gasteiger partial charge in [0.1, 0.15) is 5.66 Å². The molecule has 0 radical (unpaired) electrons. The van der Waals surface area contributed by atoms with Crippen LogP contribution in [0.1, 0.15) is 52.4 Å². The van der Waals surface area contributed by atoms with Gasteiger partial charge >= 0.3 is 6.03 Å². The number of hydrogen-bond acceptors (Lipinski definition) is 3. The van der Waals surface area contributed by atoms with Crippen LogP contribution in [-0.2, 0) is 0 Å². The SMILES string of the molecule is CC(C)(N=NC1CCCCC1)NC(=O)N1CCC1. The van der Waals surface area contributed by atoms with Crippen molar-refractivity contribution in [1.29, 1.82) is 0 Å². The van der Waals surface area contributed by atoms with E-state index in [1.54, 1.807) is 4.90 Å². The van der Waals surface area contributed by atoms with E-state index in [0.717, 1.165) is 32.4 Å². The number of carbonyl (C=O) groups is 1. The molecule has 102 valence electrons. The Morgan fingerprint density at radius 1 is 1.17 bits per heavy atom. The molecule has 5 nitrogen and oxygen atoms in total. The number of rotatable bonds is 3. The van der Waals surface area contributed by atoms with Gasteiger partial charge < -0.3 is 10.2 Å². The van der Waals surface area contributed by atoms with Gasteiger partial charge in [0, 0.05) is 13.1 Å². The zero-order valence-electron chi connectivity index (χ0n) is 11.5. The molecular weight excluding hydrogens is 228 g/mol. The maximum atomic E-state index is 11.8. The summed E-state index contributed by atoms with van der Waals surface area (Å²) < 4.78 is 0. The second-order valence-electron chi connectivity index (χ2n) is 5.84. The number of nitrogens with zero attached hydrogens (tertiary/aromatic N) is 3. The van der Waals surface area contributed by atoms with E-state index in [4.69, 9.17) is 0 Å². The molecule has 0 bridgehead atoms. The summed E-state index contributed by atoms with van der Waals surface area (Å²) in [6.07, 6.45) is 7.21. The van der Waals surface area contributed by atoms with Gasteiger partial charge in [0.2, 0.25) is 0 Å². The summed E-state index contributed by atoms with van der Waals surface area (Å²) in [6.45, 7) is 5.53. The molecule has 1 aliphatic carbocycles. The Morgan fingerprint density at radius 3 is 2.39 bits per heavy atom. The fraction of sp³-hybridized carbons (Fsp3) is 0.923.